The second-order valence-electron chi connectivity index (χ2n) is 7.67. The Labute approximate surface area is 162 Å². The Morgan fingerprint density at radius 1 is 1.19 bits per heavy atom. The van der Waals surface area contributed by atoms with Crippen molar-refractivity contribution in [2.45, 2.75) is 25.8 Å². The third-order valence-electron chi connectivity index (χ3n) is 5.82. The van der Waals surface area contributed by atoms with E-state index in [1.165, 1.54) is 0 Å². The summed E-state index contributed by atoms with van der Waals surface area (Å²) in [5.74, 6) is -0.156. The highest BCUT2D eigenvalue weighted by Gasteiger charge is 2.46. The van der Waals surface area contributed by atoms with Gasteiger partial charge in [-0.05, 0) is 38.1 Å². The third kappa shape index (κ3) is 4.33. The number of rotatable bonds is 5. The SMILES string of the molecule is COCCN1C(=O)C[C@@H](C(=O)N2CCCN(C)CC2)[C@@H]1c1ccccc1C. The number of benzene rings is 1. The number of hydrogen-bond acceptors (Lipinski definition) is 4. The fraction of sp³-hybridized carbons (Fsp3) is 0.619. The van der Waals surface area contributed by atoms with E-state index in [-0.39, 0.29) is 30.2 Å². The Kier molecular flexibility index (Phi) is 6.50. The molecule has 0 bridgehead atoms. The molecule has 0 unspecified atom stereocenters. The molecule has 0 radical (unpaired) electrons. The highest BCUT2D eigenvalue weighted by molar-refractivity contribution is 5.90. The molecule has 27 heavy (non-hydrogen) atoms. The number of nitrogens with zero attached hydrogens (tertiary/aromatic N) is 3. The first-order valence-electron chi connectivity index (χ1n) is 9.84. The second-order valence-corrected chi connectivity index (χ2v) is 7.67. The molecule has 2 amide bonds. The molecule has 0 aliphatic carbocycles. The summed E-state index contributed by atoms with van der Waals surface area (Å²) in [5.41, 5.74) is 2.19. The Morgan fingerprint density at radius 3 is 2.70 bits per heavy atom. The minimum atomic E-state index is -0.320. The van der Waals surface area contributed by atoms with Crippen molar-refractivity contribution in [3.8, 4) is 0 Å². The predicted octanol–water partition coefficient (Wildman–Crippen LogP) is 1.70. The van der Waals surface area contributed by atoms with Gasteiger partial charge in [0.1, 0.15) is 0 Å². The first-order valence-corrected chi connectivity index (χ1v) is 9.84. The van der Waals surface area contributed by atoms with E-state index in [1.54, 1.807) is 7.11 Å². The predicted molar refractivity (Wildman–Crippen MR) is 104 cm³/mol. The number of carbonyl (C=O) groups is 2. The minimum Gasteiger partial charge on any atom is -0.383 e. The summed E-state index contributed by atoms with van der Waals surface area (Å²) in [6.45, 7) is 6.44. The number of hydrogen-bond donors (Lipinski definition) is 0. The molecule has 2 saturated heterocycles. The number of likely N-dealkylation sites (tertiary alicyclic amines) is 1. The van der Waals surface area contributed by atoms with E-state index in [0.717, 1.165) is 43.7 Å². The molecule has 0 N–H and O–H groups in total. The van der Waals surface area contributed by atoms with Crippen LogP contribution in [0, 0.1) is 12.8 Å². The summed E-state index contributed by atoms with van der Waals surface area (Å²) in [4.78, 5) is 32.3. The molecule has 148 valence electrons. The lowest BCUT2D eigenvalue weighted by Gasteiger charge is -2.32. The zero-order chi connectivity index (χ0) is 19.4. The first kappa shape index (κ1) is 19.8. The molecular weight excluding hydrogens is 342 g/mol. The van der Waals surface area contributed by atoms with Crippen LogP contribution in [0.15, 0.2) is 24.3 Å². The number of methoxy groups -OCH3 is 1. The third-order valence-corrected chi connectivity index (χ3v) is 5.82. The van der Waals surface area contributed by atoms with Gasteiger partial charge in [-0.1, -0.05) is 24.3 Å². The van der Waals surface area contributed by atoms with Crippen molar-refractivity contribution in [2.75, 3.05) is 53.5 Å². The van der Waals surface area contributed by atoms with Crippen LogP contribution in [0.3, 0.4) is 0 Å². The molecule has 2 heterocycles. The number of ether oxygens (including phenoxy) is 1. The molecule has 0 saturated carbocycles. The van der Waals surface area contributed by atoms with E-state index < -0.39 is 0 Å². The van der Waals surface area contributed by atoms with Crippen molar-refractivity contribution in [1.82, 2.24) is 14.7 Å². The van der Waals surface area contributed by atoms with Gasteiger partial charge in [0, 0.05) is 39.7 Å². The van der Waals surface area contributed by atoms with E-state index >= 15 is 0 Å². The summed E-state index contributed by atoms with van der Waals surface area (Å²) in [6.07, 6.45) is 1.26. The zero-order valence-corrected chi connectivity index (χ0v) is 16.7. The molecule has 6 heteroatoms. The topological polar surface area (TPSA) is 53.1 Å². The van der Waals surface area contributed by atoms with Crippen molar-refractivity contribution in [2.24, 2.45) is 5.92 Å². The Morgan fingerprint density at radius 2 is 1.96 bits per heavy atom. The molecule has 6 nitrogen and oxygen atoms in total. The van der Waals surface area contributed by atoms with Crippen molar-refractivity contribution < 1.29 is 14.3 Å². The van der Waals surface area contributed by atoms with E-state index in [0.29, 0.717) is 13.2 Å². The largest absolute Gasteiger partial charge is 0.383 e. The monoisotopic (exact) mass is 373 g/mol. The average molecular weight is 373 g/mol. The van der Waals surface area contributed by atoms with Crippen molar-refractivity contribution in [3.63, 3.8) is 0 Å². The van der Waals surface area contributed by atoms with E-state index in [1.807, 2.05) is 21.9 Å². The molecule has 2 atom stereocenters. The van der Waals surface area contributed by atoms with Gasteiger partial charge in [0.2, 0.25) is 11.8 Å². The van der Waals surface area contributed by atoms with E-state index in [9.17, 15) is 9.59 Å². The van der Waals surface area contributed by atoms with Gasteiger partial charge in [-0.15, -0.1) is 0 Å². The van der Waals surface area contributed by atoms with Gasteiger partial charge in [-0.25, -0.2) is 0 Å². The smallest absolute Gasteiger partial charge is 0.228 e. The second kappa shape index (κ2) is 8.85. The lowest BCUT2D eigenvalue weighted by atomic mass is 9.89. The van der Waals surface area contributed by atoms with Crippen LogP contribution in [-0.4, -0.2) is 80.0 Å². The van der Waals surface area contributed by atoms with Crippen LogP contribution in [0.4, 0.5) is 0 Å². The van der Waals surface area contributed by atoms with Gasteiger partial charge in [0.25, 0.3) is 0 Å². The normalized spacial score (nSPS) is 24.3. The molecule has 3 rings (SSSR count). The summed E-state index contributed by atoms with van der Waals surface area (Å²) >= 11 is 0. The van der Waals surface area contributed by atoms with Crippen LogP contribution in [-0.2, 0) is 14.3 Å². The highest BCUT2D eigenvalue weighted by atomic mass is 16.5. The number of carbonyl (C=O) groups excluding carboxylic acids is 2. The molecule has 2 aliphatic heterocycles. The summed E-state index contributed by atoms with van der Waals surface area (Å²) < 4.78 is 5.21. The fourth-order valence-electron chi connectivity index (χ4n) is 4.27. The van der Waals surface area contributed by atoms with E-state index in [2.05, 4.69) is 31.0 Å². The number of likely N-dealkylation sites (N-methyl/N-ethyl adjacent to an activating group) is 1. The highest BCUT2D eigenvalue weighted by Crippen LogP contribution is 2.40. The lowest BCUT2D eigenvalue weighted by Crippen LogP contribution is -2.41. The molecule has 2 fully saturated rings. The summed E-state index contributed by atoms with van der Waals surface area (Å²) in [6, 6.07) is 7.88. The van der Waals surface area contributed by atoms with Crippen molar-refractivity contribution in [1.29, 1.82) is 0 Å². The average Bonchev–Trinajstić information content (AvgIpc) is 2.82. The maximum atomic E-state index is 13.4. The van der Waals surface area contributed by atoms with Gasteiger partial charge in [-0.3, -0.25) is 9.59 Å². The lowest BCUT2D eigenvalue weighted by molar-refractivity contribution is -0.136. The summed E-state index contributed by atoms with van der Waals surface area (Å²) in [7, 11) is 3.73. The van der Waals surface area contributed by atoms with Crippen LogP contribution in [0.5, 0.6) is 0 Å². The van der Waals surface area contributed by atoms with Crippen LogP contribution in [0.25, 0.3) is 0 Å². The number of aryl methyl sites for hydroxylation is 1. The van der Waals surface area contributed by atoms with Crippen LogP contribution >= 0.6 is 0 Å². The van der Waals surface area contributed by atoms with Crippen LogP contribution in [0.2, 0.25) is 0 Å². The van der Waals surface area contributed by atoms with Crippen molar-refractivity contribution in [3.05, 3.63) is 35.4 Å². The van der Waals surface area contributed by atoms with Gasteiger partial charge in [0.05, 0.1) is 18.6 Å². The Hall–Kier alpha value is -1.92. The minimum absolute atomic E-state index is 0.0468. The molecule has 1 aromatic rings. The van der Waals surface area contributed by atoms with Crippen LogP contribution in [0.1, 0.15) is 30.0 Å². The maximum Gasteiger partial charge on any atom is 0.228 e. The Balaban J connectivity index is 1.88. The number of amides is 2. The Bertz CT molecular complexity index is 678. The molecule has 0 aromatic heterocycles. The quantitative estimate of drug-likeness (QED) is 0.788. The molecular formula is C21H31N3O3. The standard InChI is InChI=1S/C21H31N3O3/c1-16-7-4-5-8-17(16)20-18(15-19(25)24(20)13-14-27-3)21(26)23-10-6-9-22(2)11-12-23/h4-5,7-8,18,20H,6,9-15H2,1-3H3/t18-,20+/m1/s1. The zero-order valence-electron chi connectivity index (χ0n) is 16.7. The van der Waals surface area contributed by atoms with E-state index in [4.69, 9.17) is 4.74 Å². The van der Waals surface area contributed by atoms with Crippen LogP contribution < -0.4 is 0 Å². The van der Waals surface area contributed by atoms with Gasteiger partial charge >= 0.3 is 0 Å². The van der Waals surface area contributed by atoms with Gasteiger partial charge < -0.3 is 19.4 Å². The molecule has 1 aromatic carbocycles. The van der Waals surface area contributed by atoms with Gasteiger partial charge in [0.15, 0.2) is 0 Å². The molecule has 2 aliphatic rings. The molecule has 0 spiro atoms. The van der Waals surface area contributed by atoms with Crippen molar-refractivity contribution >= 4 is 11.8 Å². The first-order chi connectivity index (χ1) is 13.0. The summed E-state index contributed by atoms with van der Waals surface area (Å²) in [5, 5.41) is 0. The maximum absolute atomic E-state index is 13.4. The van der Waals surface area contributed by atoms with Gasteiger partial charge in [-0.2, -0.15) is 0 Å². The fourth-order valence-corrected chi connectivity index (χ4v) is 4.27.